The Morgan fingerprint density at radius 3 is 2.42 bits per heavy atom. The molecule has 0 fully saturated rings. The van der Waals surface area contributed by atoms with Crippen molar-refractivity contribution in [2.24, 2.45) is 5.73 Å². The summed E-state index contributed by atoms with van der Waals surface area (Å²) in [6, 6.07) is 13.7. The molecule has 2 aliphatic heterocycles. The van der Waals surface area contributed by atoms with Crippen LogP contribution in [0.4, 0.5) is 13.6 Å². The van der Waals surface area contributed by atoms with E-state index in [9.17, 15) is 18.8 Å². The van der Waals surface area contributed by atoms with Gasteiger partial charge in [-0.2, -0.15) is 5.26 Å². The molecule has 1 amide bonds. The van der Waals surface area contributed by atoms with E-state index in [1.165, 1.54) is 29.2 Å². The molecule has 0 bridgehead atoms. The first-order valence-electron chi connectivity index (χ1n) is 10.4. The van der Waals surface area contributed by atoms with Gasteiger partial charge in [-0.3, -0.25) is 4.90 Å². The fraction of sp³-hybridized carbons (Fsp3) is 0.200. The molecule has 0 aromatic heterocycles. The number of ether oxygens (including phenoxy) is 2. The molecule has 0 saturated carbocycles. The Morgan fingerprint density at radius 1 is 1.18 bits per heavy atom. The SMILES string of the molecule is CCOC(=O)N1CC2=C(OC(N)=C(C#N)C2c2ccc(F)cc2)/C(=C/c2ccc(F)cc2)C1. The predicted octanol–water partition coefficient (Wildman–Crippen LogP) is 4.58. The van der Waals surface area contributed by atoms with Crippen molar-refractivity contribution in [3.05, 3.63) is 99.7 Å². The standard InChI is InChI=1S/C25H21F2N3O3/c1-2-32-25(31)30-13-17(11-15-3-7-18(26)8-4-15)23-21(14-30)22(20(12-28)24(29)33-23)16-5-9-19(27)10-6-16/h3-11,22H,2,13-14,29H2,1H3/b17-11+. The van der Waals surface area contributed by atoms with E-state index in [0.29, 0.717) is 28.0 Å². The molecule has 0 saturated heterocycles. The van der Waals surface area contributed by atoms with Gasteiger partial charge in [-0.1, -0.05) is 24.3 Å². The summed E-state index contributed by atoms with van der Waals surface area (Å²) >= 11 is 0. The number of allylic oxidation sites excluding steroid dienone is 1. The van der Waals surface area contributed by atoms with Gasteiger partial charge in [0.05, 0.1) is 25.6 Å². The zero-order valence-electron chi connectivity index (χ0n) is 17.8. The Balaban J connectivity index is 1.87. The third kappa shape index (κ3) is 4.44. The Kier molecular flexibility index (Phi) is 6.13. The lowest BCUT2D eigenvalue weighted by Gasteiger charge is -2.37. The molecule has 0 aliphatic carbocycles. The minimum Gasteiger partial charge on any atom is -0.450 e. The van der Waals surface area contributed by atoms with Crippen LogP contribution in [0.15, 0.2) is 76.9 Å². The number of halogens is 2. The number of amides is 1. The van der Waals surface area contributed by atoms with Crippen LogP contribution >= 0.6 is 0 Å². The van der Waals surface area contributed by atoms with E-state index in [1.807, 2.05) is 0 Å². The van der Waals surface area contributed by atoms with Gasteiger partial charge in [-0.15, -0.1) is 0 Å². The highest BCUT2D eigenvalue weighted by Gasteiger charge is 2.39. The van der Waals surface area contributed by atoms with Crippen molar-refractivity contribution in [2.75, 3.05) is 19.7 Å². The van der Waals surface area contributed by atoms with Gasteiger partial charge in [0.25, 0.3) is 0 Å². The average Bonchev–Trinajstić information content (AvgIpc) is 2.80. The minimum absolute atomic E-state index is 0.0554. The summed E-state index contributed by atoms with van der Waals surface area (Å²) in [6.07, 6.45) is 1.25. The minimum atomic E-state index is -0.631. The topological polar surface area (TPSA) is 88.6 Å². The lowest BCUT2D eigenvalue weighted by Crippen LogP contribution is -2.41. The smallest absolute Gasteiger partial charge is 0.410 e. The number of hydrogen-bond donors (Lipinski definition) is 1. The van der Waals surface area contributed by atoms with Gasteiger partial charge < -0.3 is 15.2 Å². The number of hydrogen-bond acceptors (Lipinski definition) is 5. The highest BCUT2D eigenvalue weighted by Crippen LogP contribution is 2.43. The largest absolute Gasteiger partial charge is 0.450 e. The van der Waals surface area contributed by atoms with Gasteiger partial charge in [0.2, 0.25) is 5.88 Å². The normalized spacial score (nSPS) is 19.2. The quantitative estimate of drug-likeness (QED) is 0.741. The molecule has 168 valence electrons. The van der Waals surface area contributed by atoms with Crippen molar-refractivity contribution < 1.29 is 23.0 Å². The Hall–Kier alpha value is -4.12. The van der Waals surface area contributed by atoms with E-state index in [-0.39, 0.29) is 37.0 Å². The van der Waals surface area contributed by atoms with Crippen LogP contribution in [0.1, 0.15) is 24.0 Å². The van der Waals surface area contributed by atoms with Gasteiger partial charge in [-0.05, 0) is 48.4 Å². The number of nitrogens with two attached hydrogens (primary N) is 1. The Morgan fingerprint density at radius 2 is 1.82 bits per heavy atom. The van der Waals surface area contributed by atoms with Crippen molar-refractivity contribution >= 4 is 12.2 Å². The van der Waals surface area contributed by atoms with Crippen LogP contribution in [0.5, 0.6) is 0 Å². The summed E-state index contributed by atoms with van der Waals surface area (Å²) in [5.41, 5.74) is 8.86. The van der Waals surface area contributed by atoms with E-state index >= 15 is 0 Å². The van der Waals surface area contributed by atoms with Crippen molar-refractivity contribution in [3.8, 4) is 6.07 Å². The summed E-state index contributed by atoms with van der Waals surface area (Å²) in [5, 5.41) is 9.80. The zero-order chi connectivity index (χ0) is 23.5. The van der Waals surface area contributed by atoms with Gasteiger partial charge in [-0.25, -0.2) is 13.6 Å². The molecule has 1 unspecified atom stereocenters. The van der Waals surface area contributed by atoms with Crippen LogP contribution in [0.2, 0.25) is 0 Å². The van der Waals surface area contributed by atoms with E-state index in [0.717, 1.165) is 0 Å². The summed E-state index contributed by atoms with van der Waals surface area (Å²) in [5.74, 6) is -1.03. The van der Waals surface area contributed by atoms with Gasteiger partial charge in [0.15, 0.2) is 0 Å². The van der Waals surface area contributed by atoms with Crippen molar-refractivity contribution in [3.63, 3.8) is 0 Å². The lowest BCUT2D eigenvalue weighted by atomic mass is 9.80. The predicted molar refractivity (Wildman–Crippen MR) is 117 cm³/mol. The molecular weight excluding hydrogens is 428 g/mol. The number of nitriles is 1. The highest BCUT2D eigenvalue weighted by atomic mass is 19.1. The fourth-order valence-electron chi connectivity index (χ4n) is 4.01. The summed E-state index contributed by atoms with van der Waals surface area (Å²) < 4.78 is 38.1. The molecule has 2 N–H and O–H groups in total. The molecule has 2 aromatic carbocycles. The molecule has 0 spiro atoms. The van der Waals surface area contributed by atoms with Crippen LogP contribution < -0.4 is 5.73 Å². The van der Waals surface area contributed by atoms with Gasteiger partial charge >= 0.3 is 6.09 Å². The van der Waals surface area contributed by atoms with Crippen molar-refractivity contribution in [1.82, 2.24) is 4.90 Å². The summed E-state index contributed by atoms with van der Waals surface area (Å²) in [6.45, 7) is 2.21. The molecule has 6 nitrogen and oxygen atoms in total. The van der Waals surface area contributed by atoms with Crippen LogP contribution in [0, 0.1) is 23.0 Å². The first-order valence-corrected chi connectivity index (χ1v) is 10.4. The lowest BCUT2D eigenvalue weighted by molar-refractivity contribution is 0.109. The van der Waals surface area contributed by atoms with Gasteiger partial charge in [0.1, 0.15) is 29.0 Å². The third-order valence-electron chi connectivity index (χ3n) is 5.48. The Bertz CT molecular complexity index is 1210. The first kappa shape index (κ1) is 22.1. The van der Waals surface area contributed by atoms with E-state index in [4.69, 9.17) is 15.2 Å². The van der Waals surface area contributed by atoms with Crippen LogP contribution in [-0.4, -0.2) is 30.7 Å². The van der Waals surface area contributed by atoms with Crippen LogP contribution in [0.25, 0.3) is 6.08 Å². The third-order valence-corrected chi connectivity index (χ3v) is 5.48. The maximum atomic E-state index is 13.6. The highest BCUT2D eigenvalue weighted by molar-refractivity contribution is 5.72. The summed E-state index contributed by atoms with van der Waals surface area (Å²) in [4.78, 5) is 14.1. The fourth-order valence-corrected chi connectivity index (χ4v) is 4.01. The second kappa shape index (κ2) is 9.17. The molecule has 33 heavy (non-hydrogen) atoms. The number of carbonyl (C=O) groups excluding carboxylic acids is 1. The van der Waals surface area contributed by atoms with Crippen LogP contribution in [-0.2, 0) is 9.47 Å². The van der Waals surface area contributed by atoms with Crippen LogP contribution in [0.3, 0.4) is 0 Å². The van der Waals surface area contributed by atoms with Crippen molar-refractivity contribution in [1.29, 1.82) is 5.26 Å². The summed E-state index contributed by atoms with van der Waals surface area (Å²) in [7, 11) is 0. The molecule has 0 radical (unpaired) electrons. The molecule has 2 aliphatic rings. The zero-order valence-corrected chi connectivity index (χ0v) is 17.8. The Labute approximate surface area is 189 Å². The van der Waals surface area contributed by atoms with Gasteiger partial charge in [0, 0.05) is 11.1 Å². The molecule has 1 atom stereocenters. The maximum absolute atomic E-state index is 13.6. The van der Waals surface area contributed by atoms with E-state index < -0.39 is 17.8 Å². The molecule has 4 rings (SSSR count). The molecule has 8 heteroatoms. The molecule has 2 aromatic rings. The monoisotopic (exact) mass is 449 g/mol. The number of carbonyl (C=O) groups is 1. The second-order valence-corrected chi connectivity index (χ2v) is 7.61. The van der Waals surface area contributed by atoms with E-state index in [2.05, 4.69) is 6.07 Å². The van der Waals surface area contributed by atoms with E-state index in [1.54, 1.807) is 37.3 Å². The number of nitrogens with zero attached hydrogens (tertiary/aromatic N) is 2. The molecule has 2 heterocycles. The average molecular weight is 449 g/mol. The molecular formula is C25H21F2N3O3. The first-order chi connectivity index (χ1) is 15.9. The number of rotatable bonds is 3. The maximum Gasteiger partial charge on any atom is 0.410 e. The van der Waals surface area contributed by atoms with Crippen molar-refractivity contribution in [2.45, 2.75) is 12.8 Å². The second-order valence-electron chi connectivity index (χ2n) is 7.61. The number of benzene rings is 2.